The predicted octanol–water partition coefficient (Wildman–Crippen LogP) is 2.02. The second-order valence-corrected chi connectivity index (χ2v) is 4.93. The summed E-state index contributed by atoms with van der Waals surface area (Å²) in [6.07, 6.45) is 4.30. The molecule has 3 rings (SSSR count). The van der Waals surface area contributed by atoms with Gasteiger partial charge in [-0.2, -0.15) is 0 Å². The van der Waals surface area contributed by atoms with Gasteiger partial charge in [0, 0.05) is 0 Å². The Balaban J connectivity index is 2.10. The van der Waals surface area contributed by atoms with Crippen LogP contribution in [0.15, 0.2) is 0 Å². The standard InChI is InChI=1S/C10H19N/c1-10(2)8-4-3-7(6-11)9(10)5-8/h7-9H,3-6,11H2,1-2H3/t7-,8+,9+/m0/s1. The summed E-state index contributed by atoms with van der Waals surface area (Å²) in [6, 6.07) is 0. The summed E-state index contributed by atoms with van der Waals surface area (Å²) in [4.78, 5) is 0. The maximum Gasteiger partial charge on any atom is -0.00460 e. The summed E-state index contributed by atoms with van der Waals surface area (Å²) in [6.45, 7) is 5.77. The van der Waals surface area contributed by atoms with Crippen LogP contribution in [-0.2, 0) is 0 Å². The van der Waals surface area contributed by atoms with Crippen LogP contribution in [0.4, 0.5) is 0 Å². The van der Waals surface area contributed by atoms with Crippen LogP contribution in [-0.4, -0.2) is 6.54 Å². The maximum atomic E-state index is 5.74. The third-order valence-corrected chi connectivity index (χ3v) is 4.30. The molecule has 1 nitrogen and oxygen atoms in total. The van der Waals surface area contributed by atoms with Crippen LogP contribution in [0.3, 0.4) is 0 Å². The van der Waals surface area contributed by atoms with Gasteiger partial charge in [-0.15, -0.1) is 0 Å². The molecular formula is C10H19N. The third-order valence-electron chi connectivity index (χ3n) is 4.30. The molecule has 0 aliphatic heterocycles. The quantitative estimate of drug-likeness (QED) is 0.612. The summed E-state index contributed by atoms with van der Waals surface area (Å²) in [5, 5.41) is 0. The minimum absolute atomic E-state index is 0.627. The van der Waals surface area contributed by atoms with Crippen LogP contribution in [0.1, 0.15) is 33.1 Å². The Morgan fingerprint density at radius 1 is 1.36 bits per heavy atom. The van der Waals surface area contributed by atoms with Gasteiger partial charge in [0.2, 0.25) is 0 Å². The van der Waals surface area contributed by atoms with E-state index in [0.717, 1.165) is 24.3 Å². The fraction of sp³-hybridized carbons (Fsp3) is 1.00. The van der Waals surface area contributed by atoms with Crippen molar-refractivity contribution in [2.45, 2.75) is 33.1 Å². The molecule has 3 atom stereocenters. The highest BCUT2D eigenvalue weighted by Crippen LogP contribution is 2.60. The van der Waals surface area contributed by atoms with E-state index < -0.39 is 0 Å². The van der Waals surface area contributed by atoms with E-state index in [-0.39, 0.29) is 0 Å². The van der Waals surface area contributed by atoms with Crippen molar-refractivity contribution in [2.24, 2.45) is 28.9 Å². The highest BCUT2D eigenvalue weighted by atomic mass is 14.6. The molecule has 0 radical (unpaired) electrons. The van der Waals surface area contributed by atoms with Gasteiger partial charge in [-0.05, 0) is 49.0 Å². The normalized spacial score (nSPS) is 46.6. The zero-order valence-electron chi connectivity index (χ0n) is 7.64. The average molecular weight is 153 g/mol. The van der Waals surface area contributed by atoms with E-state index >= 15 is 0 Å². The number of nitrogens with two attached hydrogens (primary N) is 1. The summed E-state index contributed by atoms with van der Waals surface area (Å²) in [7, 11) is 0. The van der Waals surface area contributed by atoms with E-state index in [2.05, 4.69) is 13.8 Å². The van der Waals surface area contributed by atoms with Gasteiger partial charge in [-0.3, -0.25) is 0 Å². The monoisotopic (exact) mass is 153 g/mol. The first-order valence-electron chi connectivity index (χ1n) is 4.86. The first-order valence-corrected chi connectivity index (χ1v) is 4.86. The summed E-state index contributed by atoms with van der Waals surface area (Å²) in [5.74, 6) is 2.82. The number of rotatable bonds is 1. The van der Waals surface area contributed by atoms with E-state index in [4.69, 9.17) is 5.73 Å². The van der Waals surface area contributed by atoms with Crippen molar-refractivity contribution in [3.8, 4) is 0 Å². The van der Waals surface area contributed by atoms with Crippen LogP contribution < -0.4 is 5.73 Å². The topological polar surface area (TPSA) is 26.0 Å². The van der Waals surface area contributed by atoms with E-state index in [1.54, 1.807) is 0 Å². The lowest BCUT2D eigenvalue weighted by atomic mass is 9.45. The van der Waals surface area contributed by atoms with Crippen molar-refractivity contribution >= 4 is 0 Å². The zero-order chi connectivity index (χ0) is 8.06. The molecule has 0 heterocycles. The van der Waals surface area contributed by atoms with Gasteiger partial charge in [0.1, 0.15) is 0 Å². The lowest BCUT2D eigenvalue weighted by Gasteiger charge is -2.60. The van der Waals surface area contributed by atoms with Crippen molar-refractivity contribution in [2.75, 3.05) is 6.54 Å². The van der Waals surface area contributed by atoms with Crippen LogP contribution >= 0.6 is 0 Å². The highest BCUT2D eigenvalue weighted by molar-refractivity contribution is 5.03. The molecule has 0 saturated heterocycles. The van der Waals surface area contributed by atoms with Crippen molar-refractivity contribution in [1.29, 1.82) is 0 Å². The molecule has 3 aliphatic rings. The van der Waals surface area contributed by atoms with Gasteiger partial charge in [0.15, 0.2) is 0 Å². The largest absolute Gasteiger partial charge is 0.330 e. The molecule has 2 N–H and O–H groups in total. The second kappa shape index (κ2) is 2.22. The molecular weight excluding hydrogens is 134 g/mol. The lowest BCUT2D eigenvalue weighted by molar-refractivity contribution is -0.101. The van der Waals surface area contributed by atoms with Gasteiger partial charge in [-0.25, -0.2) is 0 Å². The Kier molecular flexibility index (Phi) is 1.54. The Hall–Kier alpha value is -0.0400. The number of hydrogen-bond acceptors (Lipinski definition) is 1. The zero-order valence-corrected chi connectivity index (χ0v) is 7.64. The van der Waals surface area contributed by atoms with E-state index in [1.165, 1.54) is 19.3 Å². The molecule has 0 aromatic carbocycles. The van der Waals surface area contributed by atoms with Gasteiger partial charge in [-0.1, -0.05) is 13.8 Å². The minimum Gasteiger partial charge on any atom is -0.330 e. The van der Waals surface area contributed by atoms with Crippen LogP contribution in [0.2, 0.25) is 0 Å². The van der Waals surface area contributed by atoms with Crippen LogP contribution in [0.5, 0.6) is 0 Å². The molecule has 3 aliphatic carbocycles. The maximum absolute atomic E-state index is 5.74. The summed E-state index contributed by atoms with van der Waals surface area (Å²) in [5.41, 5.74) is 6.37. The predicted molar refractivity (Wildman–Crippen MR) is 47.2 cm³/mol. The number of hydrogen-bond donors (Lipinski definition) is 1. The fourth-order valence-corrected chi connectivity index (χ4v) is 3.24. The molecule has 0 amide bonds. The molecule has 1 heteroatoms. The fourth-order valence-electron chi connectivity index (χ4n) is 3.24. The second-order valence-electron chi connectivity index (χ2n) is 4.93. The molecule has 2 bridgehead atoms. The molecule has 0 spiro atoms. The van der Waals surface area contributed by atoms with Crippen molar-refractivity contribution in [3.63, 3.8) is 0 Å². The third kappa shape index (κ3) is 0.868. The Labute approximate surface area is 69.4 Å². The Morgan fingerprint density at radius 2 is 2.09 bits per heavy atom. The van der Waals surface area contributed by atoms with Crippen molar-refractivity contribution in [3.05, 3.63) is 0 Å². The van der Waals surface area contributed by atoms with Crippen LogP contribution in [0.25, 0.3) is 0 Å². The SMILES string of the molecule is CC1(C)[C@@H]2CC[C@@H](CN)[C@H]1C2. The molecule has 3 fully saturated rings. The van der Waals surface area contributed by atoms with Gasteiger partial charge in [0.05, 0.1) is 0 Å². The van der Waals surface area contributed by atoms with E-state index in [0.29, 0.717) is 5.41 Å². The van der Waals surface area contributed by atoms with Gasteiger partial charge < -0.3 is 5.73 Å². The van der Waals surface area contributed by atoms with E-state index in [1.807, 2.05) is 0 Å². The highest BCUT2D eigenvalue weighted by Gasteiger charge is 2.53. The van der Waals surface area contributed by atoms with Crippen LogP contribution in [0, 0.1) is 23.2 Å². The lowest BCUT2D eigenvalue weighted by Crippen LogP contribution is -2.53. The minimum atomic E-state index is 0.627. The van der Waals surface area contributed by atoms with Gasteiger partial charge >= 0.3 is 0 Å². The first-order chi connectivity index (χ1) is 5.16. The Morgan fingerprint density at radius 3 is 2.45 bits per heavy atom. The summed E-state index contributed by atoms with van der Waals surface area (Å²) >= 11 is 0. The molecule has 0 aromatic rings. The van der Waals surface area contributed by atoms with Gasteiger partial charge in [0.25, 0.3) is 0 Å². The van der Waals surface area contributed by atoms with Crippen molar-refractivity contribution in [1.82, 2.24) is 0 Å². The Bertz CT molecular complexity index is 160. The smallest absolute Gasteiger partial charge is 0.00460 e. The van der Waals surface area contributed by atoms with E-state index in [9.17, 15) is 0 Å². The molecule has 0 aromatic heterocycles. The molecule has 0 unspecified atom stereocenters. The molecule has 64 valence electrons. The first kappa shape index (κ1) is 7.60. The van der Waals surface area contributed by atoms with Crippen molar-refractivity contribution < 1.29 is 0 Å². The molecule has 11 heavy (non-hydrogen) atoms. The summed E-state index contributed by atoms with van der Waals surface area (Å²) < 4.78 is 0. The molecule has 3 saturated carbocycles. The number of fused-ring (bicyclic) bond motifs is 2. The average Bonchev–Trinajstić information content (AvgIpc) is 2.04.